The molecule has 0 saturated heterocycles. The molecule has 1 aromatic heterocycles. The van der Waals surface area contributed by atoms with Crippen molar-refractivity contribution < 1.29 is 9.90 Å². The van der Waals surface area contributed by atoms with Gasteiger partial charge in [0.25, 0.3) is 0 Å². The molecule has 0 bridgehead atoms. The van der Waals surface area contributed by atoms with Gasteiger partial charge in [-0.25, -0.2) is 9.78 Å². The first-order valence-electron chi connectivity index (χ1n) is 6.21. The van der Waals surface area contributed by atoms with E-state index in [0.29, 0.717) is 12.1 Å². The average Bonchev–Trinajstić information content (AvgIpc) is 2.93. The highest BCUT2D eigenvalue weighted by atomic mass is 16.4. The van der Waals surface area contributed by atoms with E-state index >= 15 is 0 Å². The molecule has 20 heavy (non-hydrogen) atoms. The van der Waals surface area contributed by atoms with Crippen LogP contribution in [0.2, 0.25) is 0 Å². The Morgan fingerprint density at radius 1 is 1.20 bits per heavy atom. The van der Waals surface area contributed by atoms with Crippen LogP contribution >= 0.6 is 0 Å². The van der Waals surface area contributed by atoms with E-state index in [9.17, 15) is 4.79 Å². The van der Waals surface area contributed by atoms with Crippen molar-refractivity contribution >= 4 is 22.7 Å². The van der Waals surface area contributed by atoms with Crippen molar-refractivity contribution in [2.24, 2.45) is 0 Å². The number of nitrogens with zero attached hydrogens (tertiary/aromatic N) is 1. The third-order valence-electron chi connectivity index (χ3n) is 3.12. The van der Waals surface area contributed by atoms with Crippen LogP contribution in [0, 0.1) is 0 Å². The molecular formula is C15H13N3O2. The summed E-state index contributed by atoms with van der Waals surface area (Å²) in [6.45, 7) is 0.638. The Bertz CT molecular complexity index is 747. The van der Waals surface area contributed by atoms with Crippen molar-refractivity contribution in [1.82, 2.24) is 9.97 Å². The molecule has 5 nitrogen and oxygen atoms in total. The predicted molar refractivity (Wildman–Crippen MR) is 76.8 cm³/mol. The first-order chi connectivity index (χ1) is 9.72. The Hall–Kier alpha value is -2.82. The first-order valence-corrected chi connectivity index (χ1v) is 6.21. The van der Waals surface area contributed by atoms with Crippen molar-refractivity contribution in [1.29, 1.82) is 0 Å². The molecule has 2 aromatic carbocycles. The van der Waals surface area contributed by atoms with Crippen LogP contribution in [-0.2, 0) is 6.54 Å². The second kappa shape index (κ2) is 5.05. The Kier molecular flexibility index (Phi) is 3.09. The van der Waals surface area contributed by atoms with Crippen molar-refractivity contribution in [2.45, 2.75) is 6.54 Å². The maximum absolute atomic E-state index is 10.8. The number of carboxylic acid groups (broad SMARTS) is 1. The Balaban J connectivity index is 1.70. The lowest BCUT2D eigenvalue weighted by molar-refractivity contribution is 0.0697. The van der Waals surface area contributed by atoms with Gasteiger partial charge in [-0.1, -0.05) is 12.1 Å². The molecule has 0 radical (unpaired) electrons. The fourth-order valence-electron chi connectivity index (χ4n) is 2.01. The number of aromatic amines is 1. The van der Waals surface area contributed by atoms with Crippen molar-refractivity contribution in [3.8, 4) is 0 Å². The zero-order valence-electron chi connectivity index (χ0n) is 10.6. The summed E-state index contributed by atoms with van der Waals surface area (Å²) in [5.41, 5.74) is 4.23. The summed E-state index contributed by atoms with van der Waals surface area (Å²) >= 11 is 0. The van der Waals surface area contributed by atoms with E-state index in [1.807, 2.05) is 30.3 Å². The maximum atomic E-state index is 10.8. The van der Waals surface area contributed by atoms with Crippen LogP contribution in [0.25, 0.3) is 11.0 Å². The highest BCUT2D eigenvalue weighted by molar-refractivity contribution is 5.87. The van der Waals surface area contributed by atoms with Gasteiger partial charge in [-0.15, -0.1) is 0 Å². The van der Waals surface area contributed by atoms with Gasteiger partial charge >= 0.3 is 5.97 Å². The van der Waals surface area contributed by atoms with Gasteiger partial charge in [-0.2, -0.15) is 0 Å². The topological polar surface area (TPSA) is 78.0 Å². The molecule has 0 unspecified atom stereocenters. The Morgan fingerprint density at radius 2 is 2.00 bits per heavy atom. The standard InChI is InChI=1S/C15H13N3O2/c19-15(20)11-3-1-10(2-4-11)8-16-12-5-6-13-14(7-12)18-9-17-13/h1-7,9,16H,8H2,(H,17,18)(H,19,20). The SMILES string of the molecule is O=C(O)c1ccc(CNc2ccc3nc[nH]c3c2)cc1. The number of imidazole rings is 1. The molecule has 3 rings (SSSR count). The minimum absolute atomic E-state index is 0.299. The Labute approximate surface area is 115 Å². The van der Waals surface area contributed by atoms with Gasteiger partial charge < -0.3 is 15.4 Å². The molecule has 0 spiro atoms. The molecule has 100 valence electrons. The van der Waals surface area contributed by atoms with Gasteiger partial charge in [0, 0.05) is 12.2 Å². The average molecular weight is 267 g/mol. The molecule has 0 atom stereocenters. The fraction of sp³-hybridized carbons (Fsp3) is 0.0667. The van der Waals surface area contributed by atoms with Crippen molar-refractivity contribution in [3.63, 3.8) is 0 Å². The summed E-state index contributed by atoms with van der Waals surface area (Å²) in [5, 5.41) is 12.1. The van der Waals surface area contributed by atoms with E-state index in [-0.39, 0.29) is 0 Å². The molecule has 0 aliphatic heterocycles. The minimum Gasteiger partial charge on any atom is -0.478 e. The minimum atomic E-state index is -0.908. The van der Waals surface area contributed by atoms with Crippen molar-refractivity contribution in [3.05, 3.63) is 59.9 Å². The summed E-state index contributed by atoms with van der Waals surface area (Å²) in [5.74, 6) is -0.908. The number of benzene rings is 2. The number of aromatic nitrogens is 2. The zero-order valence-corrected chi connectivity index (χ0v) is 10.6. The van der Waals surface area contributed by atoms with Crippen LogP contribution in [-0.4, -0.2) is 21.0 Å². The third kappa shape index (κ3) is 2.47. The highest BCUT2D eigenvalue weighted by Crippen LogP contribution is 2.16. The van der Waals surface area contributed by atoms with Crippen LogP contribution < -0.4 is 5.32 Å². The van der Waals surface area contributed by atoms with E-state index in [1.54, 1.807) is 18.5 Å². The number of H-pyrrole nitrogens is 1. The van der Waals surface area contributed by atoms with Crippen LogP contribution in [0.3, 0.4) is 0 Å². The molecule has 5 heteroatoms. The summed E-state index contributed by atoms with van der Waals surface area (Å²) in [4.78, 5) is 18.0. The predicted octanol–water partition coefficient (Wildman–Crippen LogP) is 2.87. The van der Waals surface area contributed by atoms with E-state index in [0.717, 1.165) is 22.3 Å². The third-order valence-corrected chi connectivity index (χ3v) is 3.12. The number of fused-ring (bicyclic) bond motifs is 1. The largest absolute Gasteiger partial charge is 0.478 e. The number of hydrogen-bond donors (Lipinski definition) is 3. The normalized spacial score (nSPS) is 10.6. The molecule has 1 heterocycles. The molecule has 3 N–H and O–H groups in total. The smallest absolute Gasteiger partial charge is 0.335 e. The van der Waals surface area contributed by atoms with Gasteiger partial charge in [-0.3, -0.25) is 0 Å². The van der Waals surface area contributed by atoms with E-state index in [2.05, 4.69) is 15.3 Å². The van der Waals surface area contributed by atoms with Gasteiger partial charge in [0.05, 0.1) is 22.9 Å². The number of rotatable bonds is 4. The van der Waals surface area contributed by atoms with Crippen molar-refractivity contribution in [2.75, 3.05) is 5.32 Å². The highest BCUT2D eigenvalue weighted by Gasteiger charge is 2.02. The van der Waals surface area contributed by atoms with E-state index in [4.69, 9.17) is 5.11 Å². The monoisotopic (exact) mass is 267 g/mol. The molecule has 3 aromatic rings. The fourth-order valence-corrected chi connectivity index (χ4v) is 2.01. The molecule has 0 fully saturated rings. The number of carbonyl (C=O) groups is 1. The van der Waals surface area contributed by atoms with Gasteiger partial charge in [-0.05, 0) is 35.9 Å². The Morgan fingerprint density at radius 3 is 2.75 bits per heavy atom. The number of nitrogens with one attached hydrogen (secondary N) is 2. The molecular weight excluding hydrogens is 254 g/mol. The molecule has 0 amide bonds. The quantitative estimate of drug-likeness (QED) is 0.679. The van der Waals surface area contributed by atoms with Gasteiger partial charge in [0.1, 0.15) is 0 Å². The van der Waals surface area contributed by atoms with Crippen LogP contribution in [0.1, 0.15) is 15.9 Å². The van der Waals surface area contributed by atoms with Gasteiger partial charge in [0.2, 0.25) is 0 Å². The molecule has 0 aliphatic rings. The lowest BCUT2D eigenvalue weighted by Crippen LogP contribution is -2.01. The summed E-state index contributed by atoms with van der Waals surface area (Å²) < 4.78 is 0. The second-order valence-corrected chi connectivity index (χ2v) is 4.49. The van der Waals surface area contributed by atoms with Crippen LogP contribution in [0.5, 0.6) is 0 Å². The first kappa shape index (κ1) is 12.2. The number of hydrogen-bond acceptors (Lipinski definition) is 3. The second-order valence-electron chi connectivity index (χ2n) is 4.49. The number of aromatic carboxylic acids is 1. The maximum Gasteiger partial charge on any atom is 0.335 e. The van der Waals surface area contributed by atoms with Crippen LogP contribution in [0.4, 0.5) is 5.69 Å². The number of anilines is 1. The zero-order chi connectivity index (χ0) is 13.9. The lowest BCUT2D eigenvalue weighted by atomic mass is 10.1. The summed E-state index contributed by atoms with van der Waals surface area (Å²) in [6, 6.07) is 12.7. The molecule has 0 aliphatic carbocycles. The van der Waals surface area contributed by atoms with E-state index < -0.39 is 5.97 Å². The molecule has 0 saturated carbocycles. The van der Waals surface area contributed by atoms with E-state index in [1.165, 1.54) is 0 Å². The number of carboxylic acids is 1. The lowest BCUT2D eigenvalue weighted by Gasteiger charge is -2.07. The van der Waals surface area contributed by atoms with Crippen LogP contribution in [0.15, 0.2) is 48.8 Å². The van der Waals surface area contributed by atoms with Gasteiger partial charge in [0.15, 0.2) is 0 Å². The summed E-state index contributed by atoms with van der Waals surface area (Å²) in [7, 11) is 0. The summed E-state index contributed by atoms with van der Waals surface area (Å²) in [6.07, 6.45) is 1.67.